The van der Waals surface area contributed by atoms with Gasteiger partial charge in [-0.1, -0.05) is 35.5 Å². The second-order valence-electron chi connectivity index (χ2n) is 7.05. The fourth-order valence-corrected chi connectivity index (χ4v) is 3.13. The van der Waals surface area contributed by atoms with Crippen molar-refractivity contribution >= 4 is 11.7 Å². The molecule has 0 aliphatic rings. The van der Waals surface area contributed by atoms with Crippen LogP contribution in [-0.2, 0) is 13.1 Å². The van der Waals surface area contributed by atoms with Crippen molar-refractivity contribution in [3.8, 4) is 11.3 Å². The lowest BCUT2D eigenvalue weighted by Crippen LogP contribution is -2.24. The minimum Gasteiger partial charge on any atom is -0.364 e. The fourth-order valence-electron chi connectivity index (χ4n) is 3.13. The number of rotatable bonds is 7. The Morgan fingerprint density at radius 1 is 0.969 bits per heavy atom. The van der Waals surface area contributed by atoms with Gasteiger partial charge in [-0.2, -0.15) is 0 Å². The summed E-state index contributed by atoms with van der Waals surface area (Å²) in [4.78, 5) is 12.2. The van der Waals surface area contributed by atoms with E-state index in [-0.39, 0.29) is 12.2 Å². The number of hydrogen-bond donors (Lipinski definition) is 2. The highest BCUT2D eigenvalue weighted by molar-refractivity contribution is 5.92. The molecule has 0 aliphatic heterocycles. The van der Waals surface area contributed by atoms with E-state index in [2.05, 4.69) is 26.0 Å². The molecule has 0 saturated heterocycles. The Bertz CT molecular complexity index is 1210. The van der Waals surface area contributed by atoms with Gasteiger partial charge in [0.2, 0.25) is 0 Å². The first kappa shape index (κ1) is 21.1. The molecule has 4 rings (SSSR count). The summed E-state index contributed by atoms with van der Waals surface area (Å²) in [5.74, 6) is -0.761. The molecule has 32 heavy (non-hydrogen) atoms. The summed E-state index contributed by atoms with van der Waals surface area (Å²) in [6.07, 6.45) is 0. The predicted molar refractivity (Wildman–Crippen MR) is 114 cm³/mol. The number of anilines is 1. The van der Waals surface area contributed by atoms with Gasteiger partial charge in [-0.25, -0.2) is 8.78 Å². The van der Waals surface area contributed by atoms with Crippen LogP contribution in [0.15, 0.2) is 65.2 Å². The maximum absolute atomic E-state index is 13.2. The molecular formula is C23H19F2N5O2. The van der Waals surface area contributed by atoms with E-state index in [1.54, 1.807) is 6.07 Å². The van der Waals surface area contributed by atoms with Crippen LogP contribution in [0.2, 0.25) is 0 Å². The highest BCUT2D eigenvalue weighted by atomic mass is 19.1. The first-order chi connectivity index (χ1) is 15.5. The van der Waals surface area contributed by atoms with Gasteiger partial charge in [0, 0.05) is 30.3 Å². The smallest absolute Gasteiger partial charge is 0.272 e. The molecule has 2 aromatic carbocycles. The second-order valence-corrected chi connectivity index (χ2v) is 7.05. The van der Waals surface area contributed by atoms with Gasteiger partial charge in [-0.15, -0.1) is 10.2 Å². The SMILES string of the molecule is Cc1onc(-c2ccccc2)c1CNc1ccc(C(=O)NCc2cc(F)cc(F)c2)nn1. The maximum Gasteiger partial charge on any atom is 0.272 e. The van der Waals surface area contributed by atoms with E-state index < -0.39 is 17.5 Å². The first-order valence-electron chi connectivity index (χ1n) is 9.81. The van der Waals surface area contributed by atoms with E-state index >= 15 is 0 Å². The lowest BCUT2D eigenvalue weighted by molar-refractivity contribution is 0.0945. The summed E-state index contributed by atoms with van der Waals surface area (Å²) in [7, 11) is 0. The number of carbonyl (C=O) groups is 1. The predicted octanol–water partition coefficient (Wildman–Crippen LogP) is 4.26. The molecule has 2 N–H and O–H groups in total. The molecule has 0 radical (unpaired) electrons. The molecule has 162 valence electrons. The van der Waals surface area contributed by atoms with E-state index in [1.165, 1.54) is 6.07 Å². The third-order valence-corrected chi connectivity index (χ3v) is 4.75. The number of hydrogen-bond acceptors (Lipinski definition) is 6. The summed E-state index contributed by atoms with van der Waals surface area (Å²) in [6.45, 7) is 2.20. The maximum atomic E-state index is 13.2. The Kier molecular flexibility index (Phi) is 6.16. The van der Waals surface area contributed by atoms with Gasteiger partial charge < -0.3 is 15.2 Å². The van der Waals surface area contributed by atoms with Crippen molar-refractivity contribution in [2.24, 2.45) is 0 Å². The van der Waals surface area contributed by atoms with Crippen LogP contribution < -0.4 is 10.6 Å². The van der Waals surface area contributed by atoms with Crippen LogP contribution in [0.1, 0.15) is 27.4 Å². The minimum absolute atomic E-state index is 0.0375. The fraction of sp³-hybridized carbons (Fsp3) is 0.130. The minimum atomic E-state index is -0.706. The number of amides is 1. The van der Waals surface area contributed by atoms with E-state index in [1.807, 2.05) is 37.3 Å². The van der Waals surface area contributed by atoms with Crippen LogP contribution >= 0.6 is 0 Å². The van der Waals surface area contributed by atoms with Gasteiger partial charge in [-0.05, 0) is 36.8 Å². The average Bonchev–Trinajstić information content (AvgIpc) is 3.16. The summed E-state index contributed by atoms with van der Waals surface area (Å²) in [5.41, 5.74) is 2.96. The van der Waals surface area contributed by atoms with Crippen LogP contribution in [0.4, 0.5) is 14.6 Å². The number of aromatic nitrogens is 3. The van der Waals surface area contributed by atoms with Gasteiger partial charge >= 0.3 is 0 Å². The van der Waals surface area contributed by atoms with Crippen molar-refractivity contribution in [2.75, 3.05) is 5.32 Å². The lowest BCUT2D eigenvalue weighted by Gasteiger charge is -2.08. The number of nitrogens with one attached hydrogen (secondary N) is 2. The van der Waals surface area contributed by atoms with Crippen LogP contribution in [0, 0.1) is 18.6 Å². The summed E-state index contributed by atoms with van der Waals surface area (Å²) in [5, 5.41) is 17.8. The highest BCUT2D eigenvalue weighted by Crippen LogP contribution is 2.25. The number of nitrogens with zero attached hydrogens (tertiary/aromatic N) is 3. The van der Waals surface area contributed by atoms with Gasteiger partial charge in [0.05, 0.1) is 0 Å². The lowest BCUT2D eigenvalue weighted by atomic mass is 10.1. The molecule has 2 heterocycles. The van der Waals surface area contributed by atoms with Crippen LogP contribution in [0.5, 0.6) is 0 Å². The third-order valence-electron chi connectivity index (χ3n) is 4.75. The molecule has 1 amide bonds. The van der Waals surface area contributed by atoms with Gasteiger partial charge in [0.1, 0.15) is 28.9 Å². The van der Waals surface area contributed by atoms with Crippen molar-refractivity contribution in [3.05, 3.63) is 94.9 Å². The zero-order valence-electron chi connectivity index (χ0n) is 17.1. The van der Waals surface area contributed by atoms with E-state index in [0.717, 1.165) is 35.0 Å². The largest absolute Gasteiger partial charge is 0.364 e. The molecule has 0 bridgehead atoms. The zero-order chi connectivity index (χ0) is 22.5. The summed E-state index contributed by atoms with van der Waals surface area (Å²) < 4.78 is 31.8. The normalized spacial score (nSPS) is 10.7. The molecule has 0 spiro atoms. The molecule has 0 aliphatic carbocycles. The molecule has 4 aromatic rings. The van der Waals surface area contributed by atoms with Crippen molar-refractivity contribution < 1.29 is 18.1 Å². The standard InChI is InChI=1S/C23H19F2N5O2/c1-14-19(22(30-32-14)16-5-3-2-4-6-16)13-26-21-8-7-20(28-29-21)23(31)27-12-15-9-17(24)11-18(25)10-15/h2-11H,12-13H2,1H3,(H,26,29)(H,27,31). The van der Waals surface area contributed by atoms with Crippen LogP contribution in [0.3, 0.4) is 0 Å². The van der Waals surface area contributed by atoms with Crippen molar-refractivity contribution in [3.63, 3.8) is 0 Å². The average molecular weight is 435 g/mol. The van der Waals surface area contributed by atoms with Gasteiger partial charge in [0.25, 0.3) is 5.91 Å². The summed E-state index contributed by atoms with van der Waals surface area (Å²) >= 11 is 0. The molecule has 0 fully saturated rings. The number of halogens is 2. The van der Waals surface area contributed by atoms with Crippen molar-refractivity contribution in [1.29, 1.82) is 0 Å². The monoisotopic (exact) mass is 435 g/mol. The van der Waals surface area contributed by atoms with E-state index in [4.69, 9.17) is 4.52 Å². The number of benzene rings is 2. The summed E-state index contributed by atoms with van der Waals surface area (Å²) in [6, 6.07) is 15.9. The first-order valence-corrected chi connectivity index (χ1v) is 9.81. The molecule has 2 aromatic heterocycles. The Hall–Kier alpha value is -4.14. The quantitative estimate of drug-likeness (QED) is 0.451. The van der Waals surface area contributed by atoms with E-state index in [9.17, 15) is 13.6 Å². The topological polar surface area (TPSA) is 92.9 Å². The Morgan fingerprint density at radius 3 is 2.41 bits per heavy atom. The number of carbonyl (C=O) groups excluding carboxylic acids is 1. The molecule has 0 unspecified atom stereocenters. The molecular weight excluding hydrogens is 416 g/mol. The molecule has 0 atom stereocenters. The second kappa shape index (κ2) is 9.34. The molecule has 7 nitrogen and oxygen atoms in total. The zero-order valence-corrected chi connectivity index (χ0v) is 17.1. The van der Waals surface area contributed by atoms with Crippen LogP contribution in [-0.4, -0.2) is 21.3 Å². The van der Waals surface area contributed by atoms with E-state index in [0.29, 0.717) is 23.7 Å². The third kappa shape index (κ3) is 4.94. The Balaban J connectivity index is 1.37. The highest BCUT2D eigenvalue weighted by Gasteiger charge is 2.15. The number of aryl methyl sites for hydroxylation is 1. The molecule has 9 heteroatoms. The van der Waals surface area contributed by atoms with Crippen molar-refractivity contribution in [1.82, 2.24) is 20.7 Å². The Labute approximate surface area is 182 Å². The van der Waals surface area contributed by atoms with Gasteiger partial charge in [-0.3, -0.25) is 4.79 Å². The van der Waals surface area contributed by atoms with Crippen LogP contribution in [0.25, 0.3) is 11.3 Å². The van der Waals surface area contributed by atoms with Gasteiger partial charge in [0.15, 0.2) is 5.69 Å². The molecule has 0 saturated carbocycles. The van der Waals surface area contributed by atoms with Crippen molar-refractivity contribution in [2.45, 2.75) is 20.0 Å². The Morgan fingerprint density at radius 2 is 1.72 bits per heavy atom.